The third-order valence-corrected chi connectivity index (χ3v) is 4.46. The summed E-state index contributed by atoms with van der Waals surface area (Å²) < 4.78 is 66.1. The molecule has 0 aliphatic carbocycles. The van der Waals surface area contributed by atoms with Gasteiger partial charge < -0.3 is 10.1 Å². The highest BCUT2D eigenvalue weighted by Crippen LogP contribution is 2.32. The van der Waals surface area contributed by atoms with E-state index in [-0.39, 0.29) is 11.4 Å². The number of ether oxygens (including phenoxy) is 1. The first-order valence-electron chi connectivity index (χ1n) is 6.87. The van der Waals surface area contributed by atoms with Crippen LogP contribution >= 0.6 is 11.6 Å². The van der Waals surface area contributed by atoms with Crippen molar-refractivity contribution >= 4 is 38.9 Å². The van der Waals surface area contributed by atoms with Gasteiger partial charge in [-0.15, -0.1) is 0 Å². The minimum Gasteiger partial charge on any atom is -0.494 e. The van der Waals surface area contributed by atoms with Gasteiger partial charge in [0.05, 0.1) is 12.8 Å². The van der Waals surface area contributed by atoms with Crippen LogP contribution in [0.4, 0.5) is 24.5 Å². The first kappa shape index (κ1) is 19.9. The van der Waals surface area contributed by atoms with Crippen molar-refractivity contribution in [1.29, 1.82) is 0 Å². The Morgan fingerprint density at radius 3 is 2.27 bits per heavy atom. The first-order valence-corrected chi connectivity index (χ1v) is 8.73. The number of amides is 1. The number of carbonyl (C=O) groups excluding carboxylic acids is 1. The lowest BCUT2D eigenvalue weighted by atomic mass is 10.2. The van der Waals surface area contributed by atoms with Gasteiger partial charge in [-0.05, 0) is 36.4 Å². The largest absolute Gasteiger partial charge is 0.516 e. The number of alkyl halides is 3. The van der Waals surface area contributed by atoms with E-state index in [2.05, 4.69) is 5.32 Å². The summed E-state index contributed by atoms with van der Waals surface area (Å²) in [5.41, 5.74) is -5.40. The molecule has 0 heterocycles. The zero-order chi connectivity index (χ0) is 19.5. The molecule has 0 radical (unpaired) electrons. The number of anilines is 2. The summed E-state index contributed by atoms with van der Waals surface area (Å²) >= 11 is 5.73. The van der Waals surface area contributed by atoms with E-state index >= 15 is 0 Å². The minimum atomic E-state index is -5.60. The molecular weight excluding hydrogens is 397 g/mol. The second-order valence-corrected chi connectivity index (χ2v) is 7.04. The number of nitrogens with one attached hydrogen (secondary N) is 2. The highest BCUT2D eigenvalue weighted by molar-refractivity contribution is 7.93. The number of benzene rings is 2. The fourth-order valence-electron chi connectivity index (χ4n) is 1.86. The number of rotatable bonds is 5. The van der Waals surface area contributed by atoms with E-state index in [1.807, 2.05) is 0 Å². The maximum atomic E-state index is 12.5. The molecule has 11 heteroatoms. The molecular formula is C15H12ClF3N2O4S. The van der Waals surface area contributed by atoms with Gasteiger partial charge >= 0.3 is 15.5 Å². The van der Waals surface area contributed by atoms with Crippen LogP contribution in [0.15, 0.2) is 42.5 Å². The lowest BCUT2D eigenvalue weighted by Crippen LogP contribution is -2.30. The van der Waals surface area contributed by atoms with E-state index in [0.29, 0.717) is 10.6 Å². The number of sulfonamides is 1. The molecule has 0 unspecified atom stereocenters. The monoisotopic (exact) mass is 408 g/mol. The highest BCUT2D eigenvalue weighted by Gasteiger charge is 2.46. The van der Waals surface area contributed by atoms with Gasteiger partial charge in [0.1, 0.15) is 5.75 Å². The third kappa shape index (κ3) is 4.58. The van der Waals surface area contributed by atoms with Crippen molar-refractivity contribution < 1.29 is 31.1 Å². The summed E-state index contributed by atoms with van der Waals surface area (Å²) in [4.78, 5) is 12.1. The van der Waals surface area contributed by atoms with Crippen LogP contribution in [0.25, 0.3) is 0 Å². The first-order chi connectivity index (χ1) is 12.0. The number of carbonyl (C=O) groups is 1. The van der Waals surface area contributed by atoms with E-state index in [1.54, 1.807) is 0 Å². The minimum absolute atomic E-state index is 0.191. The molecule has 0 aliphatic heterocycles. The van der Waals surface area contributed by atoms with Gasteiger partial charge in [0.25, 0.3) is 5.91 Å². The Morgan fingerprint density at radius 1 is 1.12 bits per heavy atom. The predicted octanol–water partition coefficient (Wildman–Crippen LogP) is 3.86. The average molecular weight is 409 g/mol. The topological polar surface area (TPSA) is 84.5 Å². The summed E-state index contributed by atoms with van der Waals surface area (Å²) in [6.07, 6.45) is 0. The second kappa shape index (κ2) is 7.42. The van der Waals surface area contributed by atoms with Crippen molar-refractivity contribution in [3.05, 3.63) is 53.1 Å². The molecule has 2 aromatic rings. The summed E-state index contributed by atoms with van der Waals surface area (Å²) in [6, 6.07) is 9.46. The van der Waals surface area contributed by atoms with Crippen LogP contribution in [0.5, 0.6) is 5.75 Å². The van der Waals surface area contributed by atoms with Gasteiger partial charge in [0, 0.05) is 22.3 Å². The fourth-order valence-corrected chi connectivity index (χ4v) is 2.56. The Hall–Kier alpha value is -2.46. The zero-order valence-corrected chi connectivity index (χ0v) is 14.7. The molecule has 0 bridgehead atoms. The molecule has 0 fully saturated rings. The van der Waals surface area contributed by atoms with Crippen molar-refractivity contribution in [2.24, 2.45) is 0 Å². The van der Waals surface area contributed by atoms with Crippen molar-refractivity contribution in [3.63, 3.8) is 0 Å². The molecule has 140 valence electrons. The van der Waals surface area contributed by atoms with Gasteiger partial charge in [0.2, 0.25) is 0 Å². The Balaban J connectivity index is 2.23. The quantitative estimate of drug-likeness (QED) is 0.786. The van der Waals surface area contributed by atoms with E-state index in [1.165, 1.54) is 41.1 Å². The fraction of sp³-hybridized carbons (Fsp3) is 0.133. The normalized spacial score (nSPS) is 11.7. The number of methoxy groups -OCH3 is 1. The van der Waals surface area contributed by atoms with Crippen LogP contribution in [-0.4, -0.2) is 26.9 Å². The van der Waals surface area contributed by atoms with Crippen LogP contribution in [0.1, 0.15) is 10.4 Å². The van der Waals surface area contributed by atoms with Crippen LogP contribution in [0, 0.1) is 0 Å². The Kier molecular flexibility index (Phi) is 5.67. The van der Waals surface area contributed by atoms with Crippen molar-refractivity contribution in [3.8, 4) is 5.75 Å². The standard InChI is InChI=1S/C15H12ClF3N2O4S/c1-25-13-8-11(20-14(22)9-2-4-10(16)5-3-9)6-7-12(13)21-26(23,24)15(17,18)19/h2-8,21H,1H3,(H,20,22). The molecule has 6 nitrogen and oxygen atoms in total. The van der Waals surface area contributed by atoms with Crippen LogP contribution < -0.4 is 14.8 Å². The smallest absolute Gasteiger partial charge is 0.494 e. The maximum Gasteiger partial charge on any atom is 0.516 e. The summed E-state index contributed by atoms with van der Waals surface area (Å²) in [5.74, 6) is -0.695. The van der Waals surface area contributed by atoms with Gasteiger partial charge in [-0.3, -0.25) is 9.52 Å². The van der Waals surface area contributed by atoms with Crippen LogP contribution in [0.3, 0.4) is 0 Å². The number of hydrogen-bond acceptors (Lipinski definition) is 4. The maximum absolute atomic E-state index is 12.5. The molecule has 1 amide bonds. The van der Waals surface area contributed by atoms with Crippen molar-refractivity contribution in [2.45, 2.75) is 5.51 Å². The van der Waals surface area contributed by atoms with E-state index in [0.717, 1.165) is 13.2 Å². The SMILES string of the molecule is COc1cc(NC(=O)c2ccc(Cl)cc2)ccc1NS(=O)(=O)C(F)(F)F. The summed E-state index contributed by atoms with van der Waals surface area (Å²) in [6.45, 7) is 0. The average Bonchev–Trinajstić information content (AvgIpc) is 2.55. The molecule has 2 rings (SSSR count). The predicted molar refractivity (Wildman–Crippen MR) is 91.0 cm³/mol. The van der Waals surface area contributed by atoms with Crippen LogP contribution in [0.2, 0.25) is 5.02 Å². The molecule has 0 saturated carbocycles. The highest BCUT2D eigenvalue weighted by atomic mass is 35.5. The van der Waals surface area contributed by atoms with E-state index in [9.17, 15) is 26.4 Å². The number of hydrogen-bond donors (Lipinski definition) is 2. The lowest BCUT2D eigenvalue weighted by molar-refractivity contribution is -0.0429. The second-order valence-electron chi connectivity index (χ2n) is 4.93. The Morgan fingerprint density at radius 2 is 1.73 bits per heavy atom. The van der Waals surface area contributed by atoms with Gasteiger partial charge in [-0.2, -0.15) is 21.6 Å². The molecule has 0 atom stereocenters. The summed E-state index contributed by atoms with van der Waals surface area (Å²) in [7, 11) is -4.45. The molecule has 2 aromatic carbocycles. The zero-order valence-electron chi connectivity index (χ0n) is 13.1. The van der Waals surface area contributed by atoms with Gasteiger partial charge in [-0.25, -0.2) is 0 Å². The summed E-state index contributed by atoms with van der Waals surface area (Å²) in [5, 5.41) is 2.96. The molecule has 0 aromatic heterocycles. The van der Waals surface area contributed by atoms with E-state index < -0.39 is 27.1 Å². The molecule has 0 saturated heterocycles. The molecule has 2 N–H and O–H groups in total. The van der Waals surface area contributed by atoms with Crippen molar-refractivity contribution in [2.75, 3.05) is 17.1 Å². The molecule has 0 aliphatic rings. The van der Waals surface area contributed by atoms with Crippen molar-refractivity contribution in [1.82, 2.24) is 0 Å². The lowest BCUT2D eigenvalue weighted by Gasteiger charge is -2.15. The molecule has 26 heavy (non-hydrogen) atoms. The van der Waals surface area contributed by atoms with Gasteiger partial charge in [-0.1, -0.05) is 11.6 Å². The van der Waals surface area contributed by atoms with Crippen LogP contribution in [-0.2, 0) is 10.0 Å². The Bertz CT molecular complexity index is 915. The molecule has 0 spiro atoms. The number of halogens is 4. The van der Waals surface area contributed by atoms with Gasteiger partial charge in [0.15, 0.2) is 0 Å². The third-order valence-electron chi connectivity index (χ3n) is 3.11. The Labute approximate surface area is 152 Å². The van der Waals surface area contributed by atoms with E-state index in [4.69, 9.17) is 16.3 Å².